The highest BCUT2D eigenvalue weighted by Gasteiger charge is 2.18. The summed E-state index contributed by atoms with van der Waals surface area (Å²) in [5.41, 5.74) is 6.97. The number of nitrogens with two attached hydrogens (primary N) is 1. The molecular formula is C17H19FN6O2. The van der Waals surface area contributed by atoms with E-state index in [1.165, 1.54) is 12.1 Å². The van der Waals surface area contributed by atoms with Gasteiger partial charge in [-0.05, 0) is 24.6 Å². The van der Waals surface area contributed by atoms with Gasteiger partial charge in [-0.2, -0.15) is 0 Å². The Balaban J connectivity index is 1.70. The van der Waals surface area contributed by atoms with Crippen molar-refractivity contribution in [2.45, 2.75) is 6.92 Å². The van der Waals surface area contributed by atoms with Crippen molar-refractivity contribution in [3.63, 3.8) is 0 Å². The molecule has 0 radical (unpaired) electrons. The number of urea groups is 1. The number of hydrogen-bond acceptors (Lipinski definition) is 5. The first-order chi connectivity index (χ1) is 12.5. The average molecular weight is 358 g/mol. The summed E-state index contributed by atoms with van der Waals surface area (Å²) in [6, 6.07) is 4.07. The molecule has 136 valence electrons. The predicted molar refractivity (Wildman–Crippen MR) is 94.1 cm³/mol. The molecule has 1 saturated heterocycles. The van der Waals surface area contributed by atoms with E-state index in [2.05, 4.69) is 20.6 Å². The number of benzene rings is 1. The van der Waals surface area contributed by atoms with E-state index < -0.39 is 11.7 Å². The van der Waals surface area contributed by atoms with Gasteiger partial charge in [0.15, 0.2) is 0 Å². The van der Waals surface area contributed by atoms with E-state index in [0.29, 0.717) is 48.9 Å². The molecule has 0 aliphatic carbocycles. The smallest absolute Gasteiger partial charge is 0.317 e. The zero-order chi connectivity index (χ0) is 18.7. The van der Waals surface area contributed by atoms with Crippen LogP contribution in [0.25, 0.3) is 11.1 Å². The van der Waals surface area contributed by atoms with Gasteiger partial charge in [0.05, 0.1) is 11.3 Å². The molecule has 0 unspecified atom stereocenters. The van der Waals surface area contributed by atoms with Gasteiger partial charge in [0.2, 0.25) is 5.95 Å². The zero-order valence-corrected chi connectivity index (χ0v) is 14.3. The number of anilines is 1. The Kier molecular flexibility index (Phi) is 4.97. The van der Waals surface area contributed by atoms with Gasteiger partial charge in [0.1, 0.15) is 5.82 Å². The number of aryl methyl sites for hydroxylation is 1. The Morgan fingerprint density at radius 3 is 2.92 bits per heavy atom. The van der Waals surface area contributed by atoms with Crippen LogP contribution in [0.4, 0.5) is 15.1 Å². The molecule has 0 bridgehead atoms. The van der Waals surface area contributed by atoms with Crippen molar-refractivity contribution in [1.82, 2.24) is 20.2 Å². The normalized spacial score (nSPS) is 13.6. The fourth-order valence-electron chi connectivity index (χ4n) is 2.74. The maximum Gasteiger partial charge on any atom is 0.317 e. The fraction of sp³-hybridized carbons (Fsp3) is 0.294. The monoisotopic (exact) mass is 358 g/mol. The highest BCUT2D eigenvalue weighted by Crippen LogP contribution is 2.24. The van der Waals surface area contributed by atoms with Gasteiger partial charge in [0.25, 0.3) is 5.91 Å². The van der Waals surface area contributed by atoms with E-state index in [4.69, 9.17) is 5.73 Å². The van der Waals surface area contributed by atoms with Crippen LogP contribution in [0.3, 0.4) is 0 Å². The molecule has 2 aromatic rings. The Labute approximate surface area is 149 Å². The molecule has 8 nitrogen and oxygen atoms in total. The number of nitrogens with one attached hydrogen (secondary N) is 2. The van der Waals surface area contributed by atoms with Gasteiger partial charge in [-0.15, -0.1) is 0 Å². The van der Waals surface area contributed by atoms with Crippen LogP contribution in [0, 0.1) is 12.7 Å². The van der Waals surface area contributed by atoms with Crippen molar-refractivity contribution in [1.29, 1.82) is 0 Å². The van der Waals surface area contributed by atoms with E-state index in [9.17, 15) is 14.0 Å². The van der Waals surface area contributed by atoms with Gasteiger partial charge >= 0.3 is 6.03 Å². The second kappa shape index (κ2) is 7.34. The number of carbonyl (C=O) groups excluding carboxylic acids is 2. The third kappa shape index (κ3) is 3.71. The minimum absolute atomic E-state index is 0.0687. The molecule has 0 atom stereocenters. The molecule has 1 aliphatic rings. The summed E-state index contributed by atoms with van der Waals surface area (Å²) in [7, 11) is 0. The van der Waals surface area contributed by atoms with E-state index in [1.54, 1.807) is 24.1 Å². The Morgan fingerprint density at radius 2 is 2.27 bits per heavy atom. The van der Waals surface area contributed by atoms with E-state index >= 15 is 0 Å². The Morgan fingerprint density at radius 1 is 1.46 bits per heavy atom. The number of primary amides is 1. The number of aromatic nitrogens is 2. The van der Waals surface area contributed by atoms with Crippen LogP contribution in [0.1, 0.15) is 16.1 Å². The first-order valence-corrected chi connectivity index (χ1v) is 8.15. The summed E-state index contributed by atoms with van der Waals surface area (Å²) < 4.78 is 13.6. The number of carbonyl (C=O) groups is 2. The summed E-state index contributed by atoms with van der Waals surface area (Å²) in [4.78, 5) is 33.1. The summed E-state index contributed by atoms with van der Waals surface area (Å²) in [6.07, 6.45) is 1.60. The lowest BCUT2D eigenvalue weighted by Gasteiger charge is -2.14. The first-order valence-electron chi connectivity index (χ1n) is 8.15. The van der Waals surface area contributed by atoms with Crippen molar-refractivity contribution in [3.8, 4) is 11.1 Å². The van der Waals surface area contributed by atoms with Crippen molar-refractivity contribution in [2.75, 3.05) is 31.5 Å². The molecule has 3 rings (SSSR count). The highest BCUT2D eigenvalue weighted by molar-refractivity contribution is 5.94. The minimum Gasteiger partial charge on any atom is -0.366 e. The van der Waals surface area contributed by atoms with Crippen LogP contribution in [-0.4, -0.2) is 53.0 Å². The summed E-state index contributed by atoms with van der Waals surface area (Å²) in [6.45, 7) is 4.22. The van der Waals surface area contributed by atoms with Crippen molar-refractivity contribution < 1.29 is 14.0 Å². The molecule has 1 fully saturated rings. The Hall–Kier alpha value is -3.23. The van der Waals surface area contributed by atoms with Gasteiger partial charge in [0, 0.05) is 37.9 Å². The van der Waals surface area contributed by atoms with Crippen LogP contribution in [0.5, 0.6) is 0 Å². The van der Waals surface area contributed by atoms with Crippen molar-refractivity contribution in [2.24, 2.45) is 5.73 Å². The summed E-state index contributed by atoms with van der Waals surface area (Å²) in [5.74, 6) is -1.06. The van der Waals surface area contributed by atoms with E-state index in [0.717, 1.165) is 0 Å². The molecule has 9 heteroatoms. The average Bonchev–Trinajstić information content (AvgIpc) is 3.01. The van der Waals surface area contributed by atoms with Gasteiger partial charge in [-0.3, -0.25) is 4.79 Å². The lowest BCUT2D eigenvalue weighted by molar-refractivity contribution is 0.0996. The molecule has 1 aromatic carbocycles. The van der Waals surface area contributed by atoms with Crippen LogP contribution in [0.2, 0.25) is 0 Å². The SMILES string of the molecule is Cc1nc(NCCN2CCNC2=O)ncc1-c1ccc(F)c(C(N)=O)c1. The quantitative estimate of drug-likeness (QED) is 0.716. The molecular weight excluding hydrogens is 339 g/mol. The summed E-state index contributed by atoms with van der Waals surface area (Å²) >= 11 is 0. The highest BCUT2D eigenvalue weighted by atomic mass is 19.1. The van der Waals surface area contributed by atoms with E-state index in [1.807, 2.05) is 0 Å². The van der Waals surface area contributed by atoms with Gasteiger partial charge < -0.3 is 21.3 Å². The predicted octanol–water partition coefficient (Wildman–Crippen LogP) is 1.13. The van der Waals surface area contributed by atoms with Crippen LogP contribution in [-0.2, 0) is 0 Å². The standard InChI is InChI=1S/C17H19FN6O2/c1-10-13(11-2-3-14(18)12(8-11)15(19)25)9-22-16(23-10)20-4-6-24-7-5-21-17(24)26/h2-3,8-9H,4-7H2,1H3,(H2,19,25)(H,21,26)(H,20,22,23). The lowest BCUT2D eigenvalue weighted by atomic mass is 10.0. The van der Waals surface area contributed by atoms with Crippen molar-refractivity contribution >= 4 is 17.9 Å². The van der Waals surface area contributed by atoms with Crippen molar-refractivity contribution in [3.05, 3.63) is 41.5 Å². The molecule has 0 saturated carbocycles. The lowest BCUT2D eigenvalue weighted by Crippen LogP contribution is -2.32. The van der Waals surface area contributed by atoms with Crippen LogP contribution >= 0.6 is 0 Å². The summed E-state index contributed by atoms with van der Waals surface area (Å²) in [5, 5.41) is 5.81. The number of amides is 3. The molecule has 0 spiro atoms. The topological polar surface area (TPSA) is 113 Å². The fourth-order valence-corrected chi connectivity index (χ4v) is 2.74. The maximum atomic E-state index is 13.6. The second-order valence-electron chi connectivity index (χ2n) is 5.90. The van der Waals surface area contributed by atoms with E-state index in [-0.39, 0.29) is 11.6 Å². The number of rotatable bonds is 6. The minimum atomic E-state index is -0.827. The largest absolute Gasteiger partial charge is 0.366 e. The van der Waals surface area contributed by atoms with Gasteiger partial charge in [-0.1, -0.05) is 6.07 Å². The third-order valence-corrected chi connectivity index (χ3v) is 4.13. The third-order valence-electron chi connectivity index (χ3n) is 4.13. The molecule has 2 heterocycles. The second-order valence-corrected chi connectivity index (χ2v) is 5.90. The van der Waals surface area contributed by atoms with Crippen LogP contribution in [0.15, 0.2) is 24.4 Å². The molecule has 3 amide bonds. The number of nitrogens with zero attached hydrogens (tertiary/aromatic N) is 3. The molecule has 1 aromatic heterocycles. The number of halogens is 1. The zero-order valence-electron chi connectivity index (χ0n) is 14.3. The molecule has 4 N–H and O–H groups in total. The Bertz CT molecular complexity index is 857. The van der Waals surface area contributed by atoms with Gasteiger partial charge in [-0.25, -0.2) is 19.2 Å². The first kappa shape index (κ1) is 17.6. The molecule has 26 heavy (non-hydrogen) atoms. The van der Waals surface area contributed by atoms with Crippen LogP contribution < -0.4 is 16.4 Å². The maximum absolute atomic E-state index is 13.6. The number of hydrogen-bond donors (Lipinski definition) is 3. The molecule has 1 aliphatic heterocycles.